The number of carbonyl (C=O) groups excluding carboxylic acids is 1. The average Bonchev–Trinajstić information content (AvgIpc) is 3.38. The fourth-order valence-corrected chi connectivity index (χ4v) is 7.92. The van der Waals surface area contributed by atoms with Crippen LogP contribution in [0.25, 0.3) is 11.3 Å². The molecule has 166 valence electrons. The summed E-state index contributed by atoms with van der Waals surface area (Å²) in [6.07, 6.45) is 14.4. The first-order valence-electron chi connectivity index (χ1n) is 12.5. The summed E-state index contributed by atoms with van der Waals surface area (Å²) >= 11 is 0. The van der Waals surface area contributed by atoms with Crippen LogP contribution in [0, 0.1) is 35.5 Å². The molecule has 2 fully saturated rings. The first-order chi connectivity index (χ1) is 15.4. The molecule has 4 aliphatic carbocycles. The Hall–Kier alpha value is -2.42. The Morgan fingerprint density at radius 1 is 0.969 bits per heavy atom. The minimum atomic E-state index is 0.214. The van der Waals surface area contributed by atoms with Crippen LogP contribution in [0.2, 0.25) is 0 Å². The fourth-order valence-electron chi connectivity index (χ4n) is 7.92. The number of allylic oxidation sites excluding steroid dienone is 4. The van der Waals surface area contributed by atoms with Crippen molar-refractivity contribution in [1.29, 1.82) is 0 Å². The van der Waals surface area contributed by atoms with E-state index >= 15 is 0 Å². The van der Waals surface area contributed by atoms with E-state index in [2.05, 4.69) is 61.9 Å². The van der Waals surface area contributed by atoms with Gasteiger partial charge in [-0.1, -0.05) is 43.2 Å². The number of fused-ring (bicyclic) bond motifs is 5. The average molecular weight is 427 g/mol. The predicted octanol–water partition coefficient (Wildman–Crippen LogP) is 6.71. The Morgan fingerprint density at radius 2 is 1.78 bits per heavy atom. The van der Waals surface area contributed by atoms with Crippen molar-refractivity contribution >= 4 is 11.4 Å². The lowest BCUT2D eigenvalue weighted by Gasteiger charge is -2.57. The summed E-state index contributed by atoms with van der Waals surface area (Å²) in [5.74, 6) is 2.54. The first-order valence-corrected chi connectivity index (χ1v) is 12.5. The highest BCUT2D eigenvalue weighted by atomic mass is 16.1. The van der Waals surface area contributed by atoms with Crippen LogP contribution in [0.15, 0.2) is 54.3 Å². The molecule has 0 aliphatic heterocycles. The minimum Gasteiger partial charge on any atom is -0.295 e. The molecule has 1 heterocycles. The van der Waals surface area contributed by atoms with Gasteiger partial charge >= 0.3 is 0 Å². The van der Waals surface area contributed by atoms with Gasteiger partial charge in [0.2, 0.25) is 0 Å². The van der Waals surface area contributed by atoms with Gasteiger partial charge in [0.25, 0.3) is 0 Å². The Labute approximate surface area is 191 Å². The summed E-state index contributed by atoms with van der Waals surface area (Å²) in [5.41, 5.74) is 7.10. The second kappa shape index (κ2) is 7.04. The normalized spacial score (nSPS) is 36.1. The van der Waals surface area contributed by atoms with E-state index in [0.29, 0.717) is 11.7 Å². The molecule has 6 rings (SSSR count). The monoisotopic (exact) mass is 426 g/mol. The van der Waals surface area contributed by atoms with Crippen LogP contribution in [0.5, 0.6) is 0 Å². The summed E-state index contributed by atoms with van der Waals surface area (Å²) in [6, 6.07) is 10.9. The highest BCUT2D eigenvalue weighted by Crippen LogP contribution is 2.66. The second-order valence-corrected chi connectivity index (χ2v) is 11.2. The number of hydrogen-bond donors (Lipinski definition) is 0. The van der Waals surface area contributed by atoms with Gasteiger partial charge < -0.3 is 0 Å². The Balaban J connectivity index is 1.33. The van der Waals surface area contributed by atoms with Crippen LogP contribution in [0.1, 0.15) is 70.1 Å². The number of carbonyl (C=O) groups is 1. The SMILES string of the molecule is Cc1ccc(-n2nccc2C2=CC[C@H]3[C@@H]4CCC5=CC(=O)CC[C@]5(C)[C@H]4CC[C@]23C)cc1. The molecular weight excluding hydrogens is 392 g/mol. The van der Waals surface area contributed by atoms with E-state index in [-0.39, 0.29) is 10.8 Å². The molecule has 0 radical (unpaired) electrons. The highest BCUT2D eigenvalue weighted by molar-refractivity contribution is 5.91. The minimum absolute atomic E-state index is 0.214. The van der Waals surface area contributed by atoms with Gasteiger partial charge in [-0.25, -0.2) is 4.68 Å². The Morgan fingerprint density at radius 3 is 2.59 bits per heavy atom. The number of hydrogen-bond acceptors (Lipinski definition) is 2. The molecule has 0 saturated heterocycles. The summed E-state index contributed by atoms with van der Waals surface area (Å²) in [5, 5.41) is 4.72. The lowest BCUT2D eigenvalue weighted by atomic mass is 9.47. The van der Waals surface area contributed by atoms with Crippen molar-refractivity contribution in [3.05, 3.63) is 65.5 Å². The van der Waals surface area contributed by atoms with Crippen molar-refractivity contribution in [1.82, 2.24) is 9.78 Å². The standard InChI is InChI=1S/C29H34N2O/c1-19-4-7-21(8-5-19)31-27(14-17-30-31)26-11-10-24-23-9-6-20-18-22(32)12-15-28(20,2)25(23)13-16-29(24,26)3/h4-5,7-8,11,14,17-18,23-25H,6,9-10,12-13,15-16H2,1-3H3/t23-,24-,25-,28-,29-/m0/s1. The van der Waals surface area contributed by atoms with Gasteiger partial charge in [-0.2, -0.15) is 5.10 Å². The van der Waals surface area contributed by atoms with Gasteiger partial charge in [0.15, 0.2) is 5.78 Å². The number of aromatic nitrogens is 2. The number of benzene rings is 1. The van der Waals surface area contributed by atoms with Crippen molar-refractivity contribution in [2.75, 3.05) is 0 Å². The number of nitrogens with zero attached hydrogens (tertiary/aromatic N) is 2. The summed E-state index contributed by atoms with van der Waals surface area (Å²) < 4.78 is 2.14. The number of ketones is 1. The van der Waals surface area contributed by atoms with E-state index in [1.807, 2.05) is 12.3 Å². The smallest absolute Gasteiger partial charge is 0.155 e. The fraction of sp³-hybridized carbons (Fsp3) is 0.517. The van der Waals surface area contributed by atoms with E-state index < -0.39 is 0 Å². The van der Waals surface area contributed by atoms with E-state index in [4.69, 9.17) is 5.10 Å². The van der Waals surface area contributed by atoms with Crippen LogP contribution in [-0.4, -0.2) is 15.6 Å². The maximum Gasteiger partial charge on any atom is 0.155 e. The molecule has 3 nitrogen and oxygen atoms in total. The quantitative estimate of drug-likeness (QED) is 0.535. The largest absolute Gasteiger partial charge is 0.295 e. The molecule has 3 heteroatoms. The molecule has 0 unspecified atom stereocenters. The van der Waals surface area contributed by atoms with E-state index in [1.165, 1.54) is 48.1 Å². The topological polar surface area (TPSA) is 34.9 Å². The van der Waals surface area contributed by atoms with E-state index in [9.17, 15) is 4.79 Å². The van der Waals surface area contributed by atoms with Crippen molar-refractivity contribution in [3.63, 3.8) is 0 Å². The van der Waals surface area contributed by atoms with Gasteiger partial charge in [-0.3, -0.25) is 4.79 Å². The lowest BCUT2D eigenvalue weighted by molar-refractivity contribution is -0.117. The van der Waals surface area contributed by atoms with Crippen LogP contribution in [-0.2, 0) is 4.79 Å². The number of aryl methyl sites for hydroxylation is 1. The molecule has 5 atom stereocenters. The van der Waals surface area contributed by atoms with Gasteiger partial charge in [0.05, 0.1) is 17.6 Å². The summed E-state index contributed by atoms with van der Waals surface area (Å²) in [6.45, 7) is 7.13. The highest BCUT2D eigenvalue weighted by Gasteiger charge is 2.57. The summed E-state index contributed by atoms with van der Waals surface area (Å²) in [4.78, 5) is 12.1. The molecule has 0 bridgehead atoms. The maximum atomic E-state index is 12.1. The third-order valence-electron chi connectivity index (χ3n) is 9.74. The second-order valence-electron chi connectivity index (χ2n) is 11.2. The summed E-state index contributed by atoms with van der Waals surface area (Å²) in [7, 11) is 0. The van der Waals surface area contributed by atoms with Gasteiger partial charge in [-0.05, 0) is 104 Å². The molecular formula is C29H34N2O. The molecule has 32 heavy (non-hydrogen) atoms. The molecule has 2 aromatic rings. The van der Waals surface area contributed by atoms with E-state index in [0.717, 1.165) is 36.8 Å². The molecule has 1 aromatic carbocycles. The Bertz CT molecular complexity index is 1140. The zero-order valence-corrected chi connectivity index (χ0v) is 19.6. The van der Waals surface area contributed by atoms with Gasteiger partial charge in [0.1, 0.15) is 0 Å². The zero-order chi connectivity index (χ0) is 22.1. The van der Waals surface area contributed by atoms with Crippen molar-refractivity contribution in [2.24, 2.45) is 28.6 Å². The third-order valence-corrected chi connectivity index (χ3v) is 9.74. The van der Waals surface area contributed by atoms with Crippen LogP contribution in [0.4, 0.5) is 0 Å². The van der Waals surface area contributed by atoms with Crippen molar-refractivity contribution < 1.29 is 4.79 Å². The first kappa shape index (κ1) is 20.2. The van der Waals surface area contributed by atoms with Crippen molar-refractivity contribution in [2.45, 2.75) is 65.7 Å². The van der Waals surface area contributed by atoms with Gasteiger partial charge in [0, 0.05) is 6.42 Å². The molecule has 2 saturated carbocycles. The maximum absolute atomic E-state index is 12.1. The number of rotatable bonds is 2. The predicted molar refractivity (Wildman–Crippen MR) is 128 cm³/mol. The van der Waals surface area contributed by atoms with Crippen LogP contribution >= 0.6 is 0 Å². The van der Waals surface area contributed by atoms with E-state index in [1.54, 1.807) is 0 Å². The molecule has 4 aliphatic rings. The lowest BCUT2D eigenvalue weighted by Crippen LogP contribution is -2.49. The van der Waals surface area contributed by atoms with Crippen molar-refractivity contribution in [3.8, 4) is 5.69 Å². The van der Waals surface area contributed by atoms with Crippen LogP contribution < -0.4 is 0 Å². The molecule has 1 aromatic heterocycles. The van der Waals surface area contributed by atoms with Gasteiger partial charge in [-0.15, -0.1) is 0 Å². The molecule has 0 amide bonds. The van der Waals surface area contributed by atoms with Crippen LogP contribution in [0.3, 0.4) is 0 Å². The Kier molecular flexibility index (Phi) is 4.44. The molecule has 0 N–H and O–H groups in total. The third kappa shape index (κ3) is 2.79. The molecule has 0 spiro atoms. The zero-order valence-electron chi connectivity index (χ0n) is 19.6.